The van der Waals surface area contributed by atoms with Crippen LogP contribution in [0.2, 0.25) is 65.0 Å². The Morgan fingerprint density at radius 1 is 0.514 bits per heavy atom. The van der Waals surface area contributed by atoms with Crippen LogP contribution in [0.1, 0.15) is 89.0 Å². The SMILES string of the molecule is CC(=O)Nc1c[c]([Sn]([CH3])([CH3])[CH3])ccn1.CCOC(=N)c1sc(Br)c(C#N)c1-c1ccc(Cl)cc1Cl.COC(=O)C(N)CN.COC(=O)C1CN=C(c2sc(Br)c(C#N)c2-c2ccc(Cl)cc2Cl)N1.COC(=O)c1cnc(-c2sc(-c3ccnc(NC(C)=O)c3)c(C#N)c2-c2ccc(Cl)cc2Cl)[nH]1.COC(=O)c1cnc(-c2sc(Br)c(C#N)c2-c2ccc(Cl)cc2Cl)[nH]1.N#Cc1c(Br)sc(C(N)=O)c1-c1ccc(Cl)cc1Cl.[2H][B].[U]. The second kappa shape index (κ2) is 58.5. The molecule has 9 aromatic heterocycles. The first kappa shape index (κ1) is 124. The smallest absolute Gasteiger partial charge is 0.356 e. The normalized spacial score (nSPS) is 11.5. The number of nitrogens with one attached hydrogen (secondary N) is 6. The number of imidazole rings is 2. The molecule has 31 nitrogen and oxygen atoms in total. The van der Waals surface area contributed by atoms with Crippen molar-refractivity contribution in [1.82, 2.24) is 35.2 Å². The number of nitrogens with zero attached hydrogens (tertiary/aromatic N) is 10. The van der Waals surface area contributed by atoms with Gasteiger partial charge in [0.15, 0.2) is 0 Å². The van der Waals surface area contributed by atoms with Crippen molar-refractivity contribution in [3.63, 3.8) is 0 Å². The van der Waals surface area contributed by atoms with Crippen LogP contribution in [0.15, 0.2) is 160 Å². The van der Waals surface area contributed by atoms with Crippen LogP contribution in [0.3, 0.4) is 0 Å². The van der Waals surface area contributed by atoms with Crippen LogP contribution < -0.4 is 36.7 Å². The van der Waals surface area contributed by atoms with E-state index in [1.165, 1.54) is 104 Å². The van der Waals surface area contributed by atoms with E-state index in [9.17, 15) is 59.9 Å². The fraction of sp³-hybridized carbons (Fsp3) is 0.158. The molecule has 10 heterocycles. The van der Waals surface area contributed by atoms with Crippen LogP contribution >= 0.6 is 236 Å². The van der Waals surface area contributed by atoms with Gasteiger partial charge in [-0.2, -0.15) is 26.3 Å². The number of rotatable bonds is 20. The summed E-state index contributed by atoms with van der Waals surface area (Å²) in [6.07, 6.45) is 6.05. The van der Waals surface area contributed by atoms with Crippen molar-refractivity contribution >= 4 is 332 Å². The second-order valence-corrected chi connectivity index (χ2v) is 59.2. The number of hydrogen-bond donors (Lipinski definition) is 9. The Morgan fingerprint density at radius 3 is 1.24 bits per heavy atom. The van der Waals surface area contributed by atoms with Gasteiger partial charge in [0.05, 0.1) is 121 Å². The second-order valence-electron chi connectivity index (χ2n) is 30.2. The van der Waals surface area contributed by atoms with Gasteiger partial charge in [-0.05, 0) is 150 Å². The number of primary amides is 1. The third-order valence-electron chi connectivity index (χ3n) is 19.5. The third-order valence-corrected chi connectivity index (χ3v) is 36.8. The van der Waals surface area contributed by atoms with Gasteiger partial charge in [-0.1, -0.05) is 146 Å². The number of ether oxygens (including phenoxy) is 5. The van der Waals surface area contributed by atoms with E-state index in [0.717, 1.165) is 16.2 Å². The van der Waals surface area contributed by atoms with Crippen molar-refractivity contribution in [3.05, 3.63) is 259 Å². The van der Waals surface area contributed by atoms with E-state index >= 15 is 0 Å². The molecule has 1 aliphatic rings. The number of pyridine rings is 2. The number of aromatic amines is 2. The predicted octanol–water partition coefficient (Wildman–Crippen LogP) is 25.1. The van der Waals surface area contributed by atoms with Gasteiger partial charge in [0.25, 0.3) is 5.91 Å². The fourth-order valence-electron chi connectivity index (χ4n) is 12.9. The molecule has 12 N–H and O–H groups in total. The summed E-state index contributed by atoms with van der Waals surface area (Å²) >= 11 is 79.1. The number of benzene rings is 5. The molecule has 2 atom stereocenters. The van der Waals surface area contributed by atoms with Gasteiger partial charge < -0.3 is 61.5 Å². The Bertz CT molecular complexity index is 7670. The molecule has 0 spiro atoms. The molecule has 53 heteroatoms. The summed E-state index contributed by atoms with van der Waals surface area (Å²) in [6, 6.07) is 42.1. The Morgan fingerprint density at radius 2 is 0.878 bits per heavy atom. The van der Waals surface area contributed by atoms with Crippen molar-refractivity contribution in [2.24, 2.45) is 22.2 Å². The summed E-state index contributed by atoms with van der Waals surface area (Å²) in [5.41, 5.74) is 24.5. The summed E-state index contributed by atoms with van der Waals surface area (Å²) in [6.45, 7) is 5.46. The number of carbonyl (C=O) groups excluding carboxylic acids is 7. The number of amides is 3. The van der Waals surface area contributed by atoms with Crippen LogP contribution in [-0.2, 0) is 42.9 Å². The number of thiophene rings is 5. The molecule has 0 aliphatic carbocycles. The summed E-state index contributed by atoms with van der Waals surface area (Å²) in [4.78, 5) is 117. The average molecular weight is 2880 g/mol. The number of hydrogen-bond acceptors (Lipinski definition) is 31. The molecule has 1 aliphatic heterocycles. The molecule has 760 valence electrons. The van der Waals surface area contributed by atoms with E-state index in [4.69, 9.17) is 154 Å². The first-order valence-electron chi connectivity index (χ1n) is 41.8. The molecule has 0 fully saturated rings. The Kier molecular flexibility index (Phi) is 48.9. The van der Waals surface area contributed by atoms with E-state index in [0.29, 0.717) is 210 Å². The molecule has 0 saturated heterocycles. The van der Waals surface area contributed by atoms with Crippen molar-refractivity contribution in [2.45, 2.75) is 47.7 Å². The maximum absolute atomic E-state index is 12.0. The van der Waals surface area contributed by atoms with Gasteiger partial charge in [0, 0.05) is 165 Å². The molecular formula is C95H74BBr4Cl10N19O12S5SnU. The molecule has 2 unspecified atom stereocenters. The van der Waals surface area contributed by atoms with E-state index in [1.807, 2.05) is 12.1 Å². The minimum atomic E-state index is -2.02. The molecule has 15 rings (SSSR count). The van der Waals surface area contributed by atoms with E-state index in [2.05, 4.69) is 178 Å². The topological polar surface area (TPSA) is 518 Å². The average Bonchev–Trinajstić information content (AvgIpc) is 1.60. The summed E-state index contributed by atoms with van der Waals surface area (Å²) in [7, 11) is 8.92. The zero-order valence-corrected chi connectivity index (χ0v) is 103. The standard InChI is InChI=1S/C23H15Cl2N5O3S.C16H10BrCl2N3O2S.C16H8BrCl2N3O2S.C14H9BrCl2N2OS.C12H5BrCl2N2OS.C7H7N2O.C4H10N2O2.3CH3.BH.Sn.U/c1-11(31)29-18-7-12(5-6-27-18)20-15(9-26)19(14-4-3-13(24)8-16(14)25)21(34-20)22-28-10-17(30-22)23(32)33-2;2*1-24-16(23)11-6-21-15(22-11)13-12(9(5-20)14(17)25-13)8-3-2-7(18)4-10(8)19;1-2-20-14(19)12-11(9(6-18)13(15)21-12)8-4-3-7(16)5-10(8)17;13-11-7(4-16)9(10(19-11)12(17)18)6-2-1-5(14)3-8(6)15;1-6(10)9-7-4-2-3-5-8-7;1-8-4(7)3(6)2-5;;;;;;/h3-8,10H,1-2H3,(H,28,30)(H,27,29,31);2-4,11H,6H2,1H3,(H,21,22);2-4,6H,1H3,(H,21,22);3-5,19H,2H2,1H3;1-3H,(H2,17,18);3-5H,1H3,(H,8,9,10);3H,2,5-6H2,1H3;3*1H3;1H;;/i;;;;;;;;;;1D;;. The molecular weight excluding hydrogens is 2800 g/mol. The Hall–Kier alpha value is -9.34. The van der Waals surface area contributed by atoms with Crippen LogP contribution in [-0.4, -0.2) is 172 Å². The Balaban J connectivity index is 0.000000241. The van der Waals surface area contributed by atoms with Crippen LogP contribution in [0, 0.1) is 93.2 Å². The number of aliphatic imine (C=N–C) groups is 1. The van der Waals surface area contributed by atoms with E-state index < -0.39 is 54.3 Å². The molecule has 148 heavy (non-hydrogen) atoms. The maximum atomic E-state index is 12.0. The van der Waals surface area contributed by atoms with E-state index in [1.54, 1.807) is 122 Å². The molecule has 5 aromatic carbocycles. The Labute approximate surface area is 982 Å². The van der Waals surface area contributed by atoms with Crippen molar-refractivity contribution in [2.75, 3.05) is 58.8 Å². The zero-order valence-electron chi connectivity index (χ0n) is 79.1. The number of nitriles is 5. The minimum Gasteiger partial charge on any atom is -0.477 e. The number of aromatic nitrogens is 6. The third kappa shape index (κ3) is 32.2. The monoisotopic (exact) mass is 2870 g/mol. The van der Waals surface area contributed by atoms with Gasteiger partial charge in [0.2, 0.25) is 11.8 Å². The van der Waals surface area contributed by atoms with E-state index in [-0.39, 0.29) is 84.1 Å². The number of carbonyl (C=O) groups is 7. The van der Waals surface area contributed by atoms with Crippen molar-refractivity contribution < 1.29 is 88.4 Å². The number of H-pyrrole nitrogens is 2. The minimum absolute atomic E-state index is 0. The summed E-state index contributed by atoms with van der Waals surface area (Å²) in [5.74, 6) is -0.523. The van der Waals surface area contributed by atoms with Crippen LogP contribution in [0.25, 0.3) is 87.5 Å². The largest absolute Gasteiger partial charge is 0.477 e. The molecule has 14 aromatic rings. The summed E-state index contributed by atoms with van der Waals surface area (Å²) < 4.78 is 32.8. The number of anilines is 2. The number of halogens is 14. The fourth-order valence-corrected chi connectivity index (χ4v) is 26.6. The van der Waals surface area contributed by atoms with Crippen molar-refractivity contribution in [1.29, 1.82) is 33.1 Å². The zero-order chi connectivity index (χ0) is 110. The van der Waals surface area contributed by atoms with Crippen molar-refractivity contribution in [3.8, 4) is 118 Å². The molecule has 0 bridgehead atoms. The predicted molar refractivity (Wildman–Crippen MR) is 604 cm³/mol. The van der Waals surface area contributed by atoms with Crippen LogP contribution in [0.5, 0.6) is 0 Å². The number of esters is 4. The number of amidine groups is 1. The maximum Gasteiger partial charge on any atom is 0.356 e. The van der Waals surface area contributed by atoms with Gasteiger partial charge in [-0.3, -0.25) is 24.8 Å². The molecule has 0 saturated carbocycles. The number of methoxy groups -OCH3 is 4. The first-order valence-corrected chi connectivity index (χ1v) is 62.3. The van der Waals surface area contributed by atoms with Gasteiger partial charge >= 0.3 is 113 Å². The van der Waals surface area contributed by atoms with Gasteiger partial charge in [-0.25, -0.2) is 29.3 Å². The quantitative estimate of drug-likeness (QED) is 0.0112. The number of nitrogens with two attached hydrogens (primary N) is 3. The van der Waals surface area contributed by atoms with Gasteiger partial charge in [-0.15, -0.1) is 56.7 Å². The molecule has 2 radical (unpaired) electrons. The summed E-state index contributed by atoms with van der Waals surface area (Å²) in [5, 5.41) is 68.7. The molecule has 3 amide bonds. The first-order chi connectivity index (χ1) is 70.3. The van der Waals surface area contributed by atoms with Crippen LogP contribution in [0.4, 0.5) is 11.6 Å². The van der Waals surface area contributed by atoms with Gasteiger partial charge in [0.1, 0.15) is 82.0 Å².